The summed E-state index contributed by atoms with van der Waals surface area (Å²) in [6.07, 6.45) is 8.33. The van der Waals surface area contributed by atoms with E-state index in [-0.39, 0.29) is 23.3 Å². The number of hydrogen-bond acceptors (Lipinski definition) is 4. The van der Waals surface area contributed by atoms with E-state index in [1.165, 1.54) is 5.56 Å². The minimum atomic E-state index is -0.311. The van der Waals surface area contributed by atoms with Crippen LogP contribution in [0.1, 0.15) is 37.3 Å². The summed E-state index contributed by atoms with van der Waals surface area (Å²) in [4.78, 5) is 23.5. The summed E-state index contributed by atoms with van der Waals surface area (Å²) < 4.78 is 8.10. The number of carbonyl (C=O) groups excluding carboxylic acids is 2. The monoisotopic (exact) mass is 353 g/mol. The van der Waals surface area contributed by atoms with Crippen molar-refractivity contribution in [3.63, 3.8) is 0 Å². The van der Waals surface area contributed by atoms with Gasteiger partial charge in [-0.1, -0.05) is 0 Å². The third kappa shape index (κ3) is 2.60. The van der Waals surface area contributed by atoms with Gasteiger partial charge in [0.15, 0.2) is 0 Å². The highest BCUT2D eigenvalue weighted by atomic mass is 16.5. The summed E-state index contributed by atoms with van der Waals surface area (Å²) in [5, 5.41) is 8.08. The number of rotatable bonds is 1. The molecule has 1 unspecified atom stereocenters. The van der Waals surface area contributed by atoms with Gasteiger partial charge in [0.2, 0.25) is 11.8 Å². The SMILES string of the molecule is O=C1CCC(n2cc3cc4c(cc3c2)OCC2(CCNCC2)C4)C(=O)N1. The van der Waals surface area contributed by atoms with E-state index in [1.807, 2.05) is 17.0 Å². The van der Waals surface area contributed by atoms with Crippen molar-refractivity contribution in [2.45, 2.75) is 38.1 Å². The maximum absolute atomic E-state index is 12.2. The molecule has 0 radical (unpaired) electrons. The maximum atomic E-state index is 12.2. The predicted molar refractivity (Wildman–Crippen MR) is 97.1 cm³/mol. The molecule has 2 fully saturated rings. The van der Waals surface area contributed by atoms with Gasteiger partial charge in [0, 0.05) is 29.6 Å². The van der Waals surface area contributed by atoms with Crippen molar-refractivity contribution in [3.8, 4) is 5.75 Å². The van der Waals surface area contributed by atoms with E-state index in [9.17, 15) is 9.59 Å². The van der Waals surface area contributed by atoms with E-state index in [4.69, 9.17) is 4.74 Å². The van der Waals surface area contributed by atoms with Crippen LogP contribution in [0.5, 0.6) is 5.75 Å². The summed E-state index contributed by atoms with van der Waals surface area (Å²) in [6.45, 7) is 2.92. The molecule has 1 atom stereocenters. The number of imide groups is 1. The van der Waals surface area contributed by atoms with Crippen LogP contribution in [0, 0.1) is 5.41 Å². The van der Waals surface area contributed by atoms with E-state index < -0.39 is 0 Å². The number of nitrogens with one attached hydrogen (secondary N) is 2. The topological polar surface area (TPSA) is 72.4 Å². The van der Waals surface area contributed by atoms with Crippen molar-refractivity contribution in [1.29, 1.82) is 0 Å². The van der Waals surface area contributed by atoms with Gasteiger partial charge in [-0.05, 0) is 61.9 Å². The molecule has 136 valence electrons. The van der Waals surface area contributed by atoms with Crippen LogP contribution in [-0.4, -0.2) is 36.1 Å². The lowest BCUT2D eigenvalue weighted by molar-refractivity contribution is -0.135. The Hall–Kier alpha value is -2.34. The van der Waals surface area contributed by atoms with Crippen LogP contribution >= 0.6 is 0 Å². The van der Waals surface area contributed by atoms with Crippen LogP contribution in [0.4, 0.5) is 0 Å². The van der Waals surface area contributed by atoms with Gasteiger partial charge >= 0.3 is 0 Å². The van der Waals surface area contributed by atoms with Gasteiger partial charge in [0.05, 0.1) is 6.61 Å². The Morgan fingerprint density at radius 2 is 1.88 bits per heavy atom. The van der Waals surface area contributed by atoms with Crippen LogP contribution < -0.4 is 15.4 Å². The largest absolute Gasteiger partial charge is 0.493 e. The van der Waals surface area contributed by atoms with Gasteiger partial charge in [-0.3, -0.25) is 14.9 Å². The molecule has 1 spiro atoms. The van der Waals surface area contributed by atoms with Crippen molar-refractivity contribution in [2.24, 2.45) is 5.41 Å². The van der Waals surface area contributed by atoms with Crippen molar-refractivity contribution < 1.29 is 14.3 Å². The fraction of sp³-hybridized carbons (Fsp3) is 0.500. The second kappa shape index (κ2) is 5.84. The lowest BCUT2D eigenvalue weighted by Gasteiger charge is -2.41. The molecular weight excluding hydrogens is 330 g/mol. The molecule has 3 aliphatic heterocycles. The van der Waals surface area contributed by atoms with E-state index in [0.717, 1.165) is 55.5 Å². The molecule has 1 aromatic heterocycles. The van der Waals surface area contributed by atoms with Gasteiger partial charge in [0.1, 0.15) is 11.8 Å². The van der Waals surface area contributed by atoms with Crippen LogP contribution in [0.15, 0.2) is 24.5 Å². The molecular formula is C20H23N3O3. The third-order valence-electron chi connectivity index (χ3n) is 6.18. The number of piperidine rings is 2. The van der Waals surface area contributed by atoms with Gasteiger partial charge in [-0.15, -0.1) is 0 Å². The fourth-order valence-corrected chi connectivity index (χ4v) is 4.62. The summed E-state index contributed by atoms with van der Waals surface area (Å²) in [5.41, 5.74) is 1.53. The highest BCUT2D eigenvalue weighted by Gasteiger charge is 2.37. The molecule has 4 heterocycles. The van der Waals surface area contributed by atoms with Crippen molar-refractivity contribution in [3.05, 3.63) is 30.1 Å². The Balaban J connectivity index is 1.47. The standard InChI is InChI=1S/C20H23N3O3/c24-18-2-1-16(19(25)22-18)23-10-14-7-13-9-20(3-5-21-6-4-20)12-26-17(13)8-15(14)11-23/h7-8,10-11,16,21H,1-6,9,12H2,(H,22,24,25). The summed E-state index contributed by atoms with van der Waals surface area (Å²) >= 11 is 0. The van der Waals surface area contributed by atoms with E-state index in [1.54, 1.807) is 0 Å². The smallest absolute Gasteiger partial charge is 0.249 e. The van der Waals surface area contributed by atoms with Crippen molar-refractivity contribution >= 4 is 22.6 Å². The van der Waals surface area contributed by atoms with E-state index >= 15 is 0 Å². The zero-order valence-corrected chi connectivity index (χ0v) is 14.7. The molecule has 0 bridgehead atoms. The Kier molecular flexibility index (Phi) is 3.57. The number of nitrogens with zero attached hydrogens (tertiary/aromatic N) is 1. The quantitative estimate of drug-likeness (QED) is 0.769. The Bertz CT molecular complexity index is 895. The Morgan fingerprint density at radius 1 is 1.12 bits per heavy atom. The number of ether oxygens (including phenoxy) is 1. The lowest BCUT2D eigenvalue weighted by atomic mass is 9.73. The van der Waals surface area contributed by atoms with Crippen molar-refractivity contribution in [2.75, 3.05) is 19.7 Å². The molecule has 0 aliphatic carbocycles. The van der Waals surface area contributed by atoms with Gasteiger partial charge in [-0.25, -0.2) is 0 Å². The molecule has 1 aromatic carbocycles. The first-order chi connectivity index (χ1) is 12.6. The second-order valence-electron chi connectivity index (χ2n) is 7.98. The summed E-state index contributed by atoms with van der Waals surface area (Å²) in [6, 6.07) is 4.01. The molecule has 2 aromatic rings. The zero-order valence-electron chi connectivity index (χ0n) is 14.7. The minimum absolute atomic E-state index is 0.181. The average molecular weight is 353 g/mol. The number of hydrogen-bond donors (Lipinski definition) is 2. The molecule has 2 saturated heterocycles. The number of benzene rings is 1. The molecule has 5 rings (SSSR count). The van der Waals surface area contributed by atoms with E-state index in [2.05, 4.69) is 22.8 Å². The van der Waals surface area contributed by atoms with Crippen molar-refractivity contribution in [1.82, 2.24) is 15.2 Å². The molecule has 26 heavy (non-hydrogen) atoms. The Labute approximate surface area is 151 Å². The maximum Gasteiger partial charge on any atom is 0.249 e. The van der Waals surface area contributed by atoms with Crippen LogP contribution in [0.2, 0.25) is 0 Å². The third-order valence-corrected chi connectivity index (χ3v) is 6.18. The second-order valence-corrected chi connectivity index (χ2v) is 7.98. The van der Waals surface area contributed by atoms with Crippen LogP contribution in [0.3, 0.4) is 0 Å². The summed E-state index contributed by atoms with van der Waals surface area (Å²) in [7, 11) is 0. The molecule has 6 heteroatoms. The first-order valence-corrected chi connectivity index (χ1v) is 9.43. The minimum Gasteiger partial charge on any atom is -0.493 e. The molecule has 2 amide bonds. The molecule has 0 saturated carbocycles. The van der Waals surface area contributed by atoms with Crippen LogP contribution in [-0.2, 0) is 16.0 Å². The normalized spacial score (nSPS) is 25.0. The fourth-order valence-electron chi connectivity index (χ4n) is 4.62. The number of amides is 2. The highest BCUT2D eigenvalue weighted by Crippen LogP contribution is 2.42. The lowest BCUT2D eigenvalue weighted by Crippen LogP contribution is -2.43. The average Bonchev–Trinajstić information content (AvgIpc) is 3.03. The zero-order chi connectivity index (χ0) is 17.7. The van der Waals surface area contributed by atoms with Crippen LogP contribution in [0.25, 0.3) is 10.8 Å². The number of fused-ring (bicyclic) bond motifs is 2. The first-order valence-electron chi connectivity index (χ1n) is 9.43. The number of carbonyl (C=O) groups is 2. The number of aromatic nitrogens is 1. The van der Waals surface area contributed by atoms with Gasteiger partial charge in [0.25, 0.3) is 0 Å². The highest BCUT2D eigenvalue weighted by molar-refractivity contribution is 5.99. The predicted octanol–water partition coefficient (Wildman–Crippen LogP) is 1.92. The van der Waals surface area contributed by atoms with E-state index in [0.29, 0.717) is 12.8 Å². The first kappa shape index (κ1) is 15.9. The molecule has 3 aliphatic rings. The van der Waals surface area contributed by atoms with Gasteiger partial charge < -0.3 is 14.6 Å². The summed E-state index contributed by atoms with van der Waals surface area (Å²) in [5.74, 6) is 0.581. The van der Waals surface area contributed by atoms with Gasteiger partial charge in [-0.2, -0.15) is 0 Å². The molecule has 6 nitrogen and oxygen atoms in total. The Morgan fingerprint density at radius 3 is 2.65 bits per heavy atom. The molecule has 2 N–H and O–H groups in total.